The third-order valence-electron chi connectivity index (χ3n) is 6.24. The molecule has 1 aliphatic carbocycles. The van der Waals surface area contributed by atoms with E-state index < -0.39 is 0 Å². The lowest BCUT2D eigenvalue weighted by Gasteiger charge is -2.24. The highest BCUT2D eigenvalue weighted by molar-refractivity contribution is 6.09. The molecule has 2 aromatic heterocycles. The van der Waals surface area contributed by atoms with Gasteiger partial charge in [0.05, 0.1) is 0 Å². The zero-order valence-electron chi connectivity index (χ0n) is 20.2. The van der Waals surface area contributed by atoms with Crippen LogP contribution in [-0.2, 0) is 18.3 Å². The molecule has 1 atom stereocenters. The molecule has 0 radical (unpaired) electrons. The van der Waals surface area contributed by atoms with E-state index >= 15 is 0 Å². The summed E-state index contributed by atoms with van der Waals surface area (Å²) < 4.78 is 5.34. The van der Waals surface area contributed by atoms with Crippen molar-refractivity contribution in [3.63, 3.8) is 0 Å². The predicted molar refractivity (Wildman–Crippen MR) is 130 cm³/mol. The Bertz CT molecular complexity index is 1200. The molecule has 5 N–H and O–H groups in total. The summed E-state index contributed by atoms with van der Waals surface area (Å²) in [6, 6.07) is 5.12. The minimum absolute atomic E-state index is 0.0322. The van der Waals surface area contributed by atoms with Gasteiger partial charge in [0, 0.05) is 52.8 Å². The number of carbonyl (C=O) groups is 2. The highest BCUT2D eigenvalue weighted by Gasteiger charge is 2.27. The molecule has 0 saturated carbocycles. The maximum atomic E-state index is 12.9. The lowest BCUT2D eigenvalue weighted by molar-refractivity contribution is 0.0952. The second-order valence-electron chi connectivity index (χ2n) is 9.96. The van der Waals surface area contributed by atoms with Crippen molar-refractivity contribution in [2.75, 3.05) is 18.5 Å². The van der Waals surface area contributed by atoms with Crippen LogP contribution >= 0.6 is 0 Å². The van der Waals surface area contributed by atoms with Gasteiger partial charge in [0.2, 0.25) is 0 Å². The van der Waals surface area contributed by atoms with E-state index in [4.69, 9.17) is 9.63 Å². The Morgan fingerprint density at radius 3 is 2.79 bits per heavy atom. The largest absolute Gasteiger partial charge is 0.396 e. The van der Waals surface area contributed by atoms with Crippen molar-refractivity contribution in [3.8, 4) is 0 Å². The number of carbonyl (C=O) groups excluding carboxylic acids is 2. The average Bonchev–Trinajstić information content (AvgIpc) is 3.39. The van der Waals surface area contributed by atoms with E-state index in [0.717, 1.165) is 40.6 Å². The summed E-state index contributed by atoms with van der Waals surface area (Å²) in [5.41, 5.74) is 4.62. The summed E-state index contributed by atoms with van der Waals surface area (Å²) >= 11 is 0. The van der Waals surface area contributed by atoms with Crippen molar-refractivity contribution in [1.82, 2.24) is 20.8 Å². The second kappa shape index (κ2) is 9.50. The van der Waals surface area contributed by atoms with Crippen LogP contribution in [0.2, 0.25) is 0 Å². The van der Waals surface area contributed by atoms with E-state index in [2.05, 4.69) is 26.1 Å². The molecule has 1 aliphatic rings. The van der Waals surface area contributed by atoms with Crippen molar-refractivity contribution in [2.24, 2.45) is 0 Å². The fourth-order valence-corrected chi connectivity index (χ4v) is 4.38. The standard InChI is InChI=1S/C25H33N5O4/c1-14-6-8-16(23(32)26-10-5-11-31)21-17-12-15(7-9-18(17)28-22(14)21)27-24(33)29-20-13-19(34-30-20)25(2,3)4/h6,8,13,15,28,31H,5,7,9-12H2,1-4H3,(H,26,32)(H2,27,29,30,33). The summed E-state index contributed by atoms with van der Waals surface area (Å²) in [7, 11) is 0. The molecule has 1 aromatic carbocycles. The number of anilines is 1. The Morgan fingerprint density at radius 2 is 2.09 bits per heavy atom. The normalized spacial score (nSPS) is 15.7. The fraction of sp³-hybridized carbons (Fsp3) is 0.480. The highest BCUT2D eigenvalue weighted by Crippen LogP contribution is 2.33. The molecule has 0 aliphatic heterocycles. The lowest BCUT2D eigenvalue weighted by Crippen LogP contribution is -2.41. The number of H-pyrrole nitrogens is 1. The van der Waals surface area contributed by atoms with Gasteiger partial charge >= 0.3 is 6.03 Å². The first-order valence-electron chi connectivity index (χ1n) is 11.7. The highest BCUT2D eigenvalue weighted by atomic mass is 16.5. The number of nitrogens with one attached hydrogen (secondary N) is 4. The Labute approximate surface area is 198 Å². The van der Waals surface area contributed by atoms with Crippen LogP contribution < -0.4 is 16.0 Å². The zero-order valence-corrected chi connectivity index (χ0v) is 20.2. The Morgan fingerprint density at radius 1 is 1.29 bits per heavy atom. The van der Waals surface area contributed by atoms with Crippen LogP contribution in [0.15, 0.2) is 22.7 Å². The minimum atomic E-state index is -0.333. The smallest absolute Gasteiger partial charge is 0.320 e. The maximum Gasteiger partial charge on any atom is 0.320 e. The number of aliphatic hydroxyl groups excluding tert-OH is 1. The molecule has 4 rings (SSSR count). The lowest BCUT2D eigenvalue weighted by atomic mass is 9.89. The molecular weight excluding hydrogens is 434 g/mol. The minimum Gasteiger partial charge on any atom is -0.396 e. The summed E-state index contributed by atoms with van der Waals surface area (Å²) in [6.07, 6.45) is 2.69. The van der Waals surface area contributed by atoms with Crippen LogP contribution in [-0.4, -0.2) is 46.4 Å². The van der Waals surface area contributed by atoms with Gasteiger partial charge in [-0.3, -0.25) is 10.1 Å². The number of benzene rings is 1. The van der Waals surface area contributed by atoms with Gasteiger partial charge in [0.15, 0.2) is 5.82 Å². The number of aromatic amines is 1. The quantitative estimate of drug-likeness (QED) is 0.354. The van der Waals surface area contributed by atoms with Crippen LogP contribution in [0.1, 0.15) is 66.6 Å². The number of amides is 3. The first-order chi connectivity index (χ1) is 16.2. The Balaban J connectivity index is 1.51. The number of aryl methyl sites for hydroxylation is 2. The van der Waals surface area contributed by atoms with Crippen molar-refractivity contribution in [1.29, 1.82) is 0 Å². The molecule has 3 amide bonds. The maximum absolute atomic E-state index is 12.9. The number of hydrogen-bond acceptors (Lipinski definition) is 5. The van der Waals surface area contributed by atoms with Crippen molar-refractivity contribution < 1.29 is 19.2 Å². The number of nitrogens with zero attached hydrogens (tertiary/aromatic N) is 1. The van der Waals surface area contributed by atoms with E-state index in [9.17, 15) is 9.59 Å². The van der Waals surface area contributed by atoms with E-state index in [1.807, 2.05) is 39.8 Å². The van der Waals surface area contributed by atoms with E-state index in [-0.39, 0.29) is 30.0 Å². The third kappa shape index (κ3) is 4.94. The monoisotopic (exact) mass is 467 g/mol. The molecule has 9 nitrogen and oxygen atoms in total. The van der Waals surface area contributed by atoms with Gasteiger partial charge in [0.25, 0.3) is 5.91 Å². The first kappa shape index (κ1) is 23.8. The number of fused-ring (bicyclic) bond motifs is 3. The van der Waals surface area contributed by atoms with E-state index in [1.165, 1.54) is 0 Å². The topological polar surface area (TPSA) is 132 Å². The zero-order chi connectivity index (χ0) is 24.5. The van der Waals surface area contributed by atoms with E-state index in [1.54, 1.807) is 6.07 Å². The van der Waals surface area contributed by atoms with Gasteiger partial charge in [-0.05, 0) is 49.8 Å². The number of rotatable bonds is 6. The summed E-state index contributed by atoms with van der Waals surface area (Å²) in [6.45, 7) is 8.51. The van der Waals surface area contributed by atoms with Crippen LogP contribution in [0.4, 0.5) is 10.6 Å². The van der Waals surface area contributed by atoms with Gasteiger partial charge in [-0.2, -0.15) is 0 Å². The van der Waals surface area contributed by atoms with Crippen LogP contribution in [0.25, 0.3) is 10.9 Å². The van der Waals surface area contributed by atoms with Gasteiger partial charge in [0.1, 0.15) is 5.76 Å². The van der Waals surface area contributed by atoms with E-state index in [0.29, 0.717) is 36.5 Å². The van der Waals surface area contributed by atoms with Crippen LogP contribution in [0, 0.1) is 6.92 Å². The summed E-state index contributed by atoms with van der Waals surface area (Å²) in [5, 5.41) is 22.5. The number of aliphatic hydroxyl groups is 1. The van der Waals surface area contributed by atoms with Crippen molar-refractivity contribution >= 4 is 28.7 Å². The van der Waals surface area contributed by atoms with Gasteiger partial charge < -0.3 is 25.2 Å². The van der Waals surface area contributed by atoms with Crippen LogP contribution in [0.5, 0.6) is 0 Å². The van der Waals surface area contributed by atoms with Crippen LogP contribution in [0.3, 0.4) is 0 Å². The molecule has 9 heteroatoms. The second-order valence-corrected chi connectivity index (χ2v) is 9.96. The molecule has 0 bridgehead atoms. The SMILES string of the molecule is Cc1ccc(C(=O)NCCCO)c2c3c([nH]c12)CCC(NC(=O)Nc1cc(C(C)(C)C)on1)C3. The molecule has 0 fully saturated rings. The Kier molecular flexibility index (Phi) is 6.65. The molecule has 3 aromatic rings. The van der Waals surface area contributed by atoms with Gasteiger partial charge in [-0.25, -0.2) is 4.79 Å². The third-order valence-corrected chi connectivity index (χ3v) is 6.24. The van der Waals surface area contributed by atoms with Gasteiger partial charge in [-0.1, -0.05) is 32.0 Å². The molecule has 2 heterocycles. The predicted octanol–water partition coefficient (Wildman–Crippen LogP) is 3.55. The first-order valence-corrected chi connectivity index (χ1v) is 11.7. The van der Waals surface area contributed by atoms with Crippen molar-refractivity contribution in [3.05, 3.63) is 46.3 Å². The molecule has 182 valence electrons. The molecular formula is C25H33N5O4. The number of hydrogen-bond donors (Lipinski definition) is 5. The summed E-state index contributed by atoms with van der Waals surface area (Å²) in [4.78, 5) is 29.0. The fourth-order valence-electron chi connectivity index (χ4n) is 4.38. The average molecular weight is 468 g/mol. The molecule has 34 heavy (non-hydrogen) atoms. The number of aromatic nitrogens is 2. The summed E-state index contributed by atoms with van der Waals surface area (Å²) in [5.74, 6) is 0.918. The van der Waals surface area contributed by atoms with Gasteiger partial charge in [-0.15, -0.1) is 0 Å². The molecule has 0 spiro atoms. The molecule has 1 unspecified atom stereocenters. The van der Waals surface area contributed by atoms with Crippen molar-refractivity contribution in [2.45, 2.75) is 64.8 Å². The molecule has 0 saturated heterocycles. The Hall–Kier alpha value is -3.33. The number of urea groups is 1.